The zero-order valence-electron chi connectivity index (χ0n) is 26.6. The number of benzene rings is 3. The van der Waals surface area contributed by atoms with E-state index in [0.717, 1.165) is 46.6 Å². The number of ether oxygens (including phenoxy) is 1. The van der Waals surface area contributed by atoms with E-state index >= 15 is 0 Å². The fourth-order valence-electron chi connectivity index (χ4n) is 5.01. The molecule has 10 heteroatoms. The van der Waals surface area contributed by atoms with Gasteiger partial charge in [0.2, 0.25) is 5.91 Å². The third-order valence-corrected chi connectivity index (χ3v) is 7.85. The molecule has 246 valence electrons. The predicted octanol–water partition coefficient (Wildman–Crippen LogP) is 7.03. The van der Waals surface area contributed by atoms with Gasteiger partial charge in [-0.05, 0) is 61.2 Å². The van der Waals surface area contributed by atoms with Crippen LogP contribution in [0.3, 0.4) is 0 Å². The first kappa shape index (κ1) is 34.7. The van der Waals surface area contributed by atoms with Gasteiger partial charge in [-0.15, -0.1) is 0 Å². The Kier molecular flexibility index (Phi) is 12.6. The Labute approximate surface area is 273 Å². The molecule has 4 aromatic rings. The zero-order chi connectivity index (χ0) is 33.8. The summed E-state index contributed by atoms with van der Waals surface area (Å²) in [7, 11) is 0. The van der Waals surface area contributed by atoms with E-state index in [4.69, 9.17) is 4.74 Å². The third-order valence-electron chi connectivity index (χ3n) is 7.85. The van der Waals surface area contributed by atoms with Crippen molar-refractivity contribution in [1.29, 1.82) is 0 Å². The van der Waals surface area contributed by atoms with Crippen LogP contribution >= 0.6 is 0 Å². The second-order valence-corrected chi connectivity index (χ2v) is 11.5. The molecule has 0 bridgehead atoms. The zero-order valence-corrected chi connectivity index (χ0v) is 26.6. The number of hydrogen-bond acceptors (Lipinski definition) is 7. The summed E-state index contributed by atoms with van der Waals surface area (Å²) >= 11 is 0. The summed E-state index contributed by atoms with van der Waals surface area (Å²) in [5.41, 5.74) is 3.30. The first-order chi connectivity index (χ1) is 22.6. The lowest BCUT2D eigenvalue weighted by molar-refractivity contribution is -0.141. The van der Waals surface area contributed by atoms with Gasteiger partial charge < -0.3 is 20.3 Å². The summed E-state index contributed by atoms with van der Waals surface area (Å²) in [6, 6.07) is 17.1. The number of carbonyl (C=O) groups excluding carboxylic acids is 2. The van der Waals surface area contributed by atoms with E-state index < -0.39 is 41.2 Å². The molecule has 0 aliphatic rings. The lowest BCUT2D eigenvalue weighted by Crippen LogP contribution is -2.42. The van der Waals surface area contributed by atoms with E-state index in [1.807, 2.05) is 36.4 Å². The van der Waals surface area contributed by atoms with Crippen LogP contribution in [-0.2, 0) is 16.0 Å². The van der Waals surface area contributed by atoms with Crippen molar-refractivity contribution in [3.8, 4) is 34.0 Å². The molecule has 3 N–H and O–H groups in total. The molecule has 0 unspecified atom stereocenters. The summed E-state index contributed by atoms with van der Waals surface area (Å²) in [4.78, 5) is 46.3. The number of nitrogens with zero attached hydrogens (tertiary/aromatic N) is 2. The SMILES string of the molecule is CCCCCCCOc1ccc(-c2cnc(-c3ccc(C[C@H](CC(=O)c4ccc(O)c(F)c4)C(=O)N[C@H](C)C(=O)O)cc3)nc2)cc1. The maximum atomic E-state index is 13.9. The highest BCUT2D eigenvalue weighted by molar-refractivity contribution is 5.99. The molecule has 1 heterocycles. The molecule has 1 amide bonds. The van der Waals surface area contributed by atoms with Crippen LogP contribution in [0, 0.1) is 11.7 Å². The van der Waals surface area contributed by atoms with Crippen LogP contribution in [0.25, 0.3) is 22.5 Å². The van der Waals surface area contributed by atoms with Crippen LogP contribution in [0.5, 0.6) is 11.5 Å². The largest absolute Gasteiger partial charge is 0.505 e. The Morgan fingerprint density at radius 2 is 1.53 bits per heavy atom. The summed E-state index contributed by atoms with van der Waals surface area (Å²) in [5, 5.41) is 21.1. The molecule has 2 atom stereocenters. The van der Waals surface area contributed by atoms with Gasteiger partial charge in [-0.1, -0.05) is 69.0 Å². The summed E-state index contributed by atoms with van der Waals surface area (Å²) in [6.45, 7) is 4.23. The Bertz CT molecular complexity index is 1640. The quantitative estimate of drug-likeness (QED) is 0.0826. The highest BCUT2D eigenvalue weighted by Crippen LogP contribution is 2.25. The van der Waals surface area contributed by atoms with Crippen molar-refractivity contribution in [3.05, 3.63) is 96.1 Å². The topological polar surface area (TPSA) is 139 Å². The molecule has 0 aliphatic heterocycles. The van der Waals surface area contributed by atoms with Crippen molar-refractivity contribution in [3.63, 3.8) is 0 Å². The highest BCUT2D eigenvalue weighted by atomic mass is 19.1. The van der Waals surface area contributed by atoms with Crippen LogP contribution in [-0.4, -0.2) is 50.5 Å². The van der Waals surface area contributed by atoms with Gasteiger partial charge >= 0.3 is 5.97 Å². The minimum absolute atomic E-state index is 0.00207. The lowest BCUT2D eigenvalue weighted by atomic mass is 9.90. The summed E-state index contributed by atoms with van der Waals surface area (Å²) in [6.07, 6.45) is 9.28. The van der Waals surface area contributed by atoms with Crippen molar-refractivity contribution < 1.29 is 33.7 Å². The molecule has 1 aromatic heterocycles. The lowest BCUT2D eigenvalue weighted by Gasteiger charge is -2.18. The second kappa shape index (κ2) is 17.0. The maximum absolute atomic E-state index is 13.9. The molecule has 0 saturated carbocycles. The van der Waals surface area contributed by atoms with Crippen LogP contribution in [0.2, 0.25) is 0 Å². The molecule has 4 rings (SSSR count). The smallest absolute Gasteiger partial charge is 0.325 e. The summed E-state index contributed by atoms with van der Waals surface area (Å²) < 4.78 is 19.7. The fraction of sp³-hybridized carbons (Fsp3) is 0.324. The Morgan fingerprint density at radius 3 is 2.17 bits per heavy atom. The van der Waals surface area contributed by atoms with E-state index in [-0.39, 0.29) is 18.4 Å². The van der Waals surface area contributed by atoms with Gasteiger partial charge in [-0.3, -0.25) is 14.4 Å². The van der Waals surface area contributed by atoms with E-state index in [1.54, 1.807) is 24.5 Å². The number of halogens is 1. The normalized spacial score (nSPS) is 12.2. The van der Waals surface area contributed by atoms with Crippen molar-refractivity contribution in [1.82, 2.24) is 15.3 Å². The van der Waals surface area contributed by atoms with Gasteiger partial charge in [0.05, 0.1) is 6.61 Å². The number of phenolic OH excluding ortho intramolecular Hbond substituents is 1. The number of carboxylic acid groups (broad SMARTS) is 1. The van der Waals surface area contributed by atoms with Gasteiger partial charge in [-0.25, -0.2) is 14.4 Å². The Morgan fingerprint density at radius 1 is 0.872 bits per heavy atom. The number of Topliss-reactive ketones (excluding diaryl/α,β-unsaturated/α-hetero) is 1. The van der Waals surface area contributed by atoms with Crippen molar-refractivity contribution in [2.75, 3.05) is 6.61 Å². The van der Waals surface area contributed by atoms with Crippen molar-refractivity contribution >= 4 is 17.7 Å². The molecule has 0 radical (unpaired) electrons. The average Bonchev–Trinajstić information content (AvgIpc) is 3.07. The predicted molar refractivity (Wildman–Crippen MR) is 177 cm³/mol. The number of nitrogens with one attached hydrogen (secondary N) is 1. The monoisotopic (exact) mass is 641 g/mol. The molecule has 47 heavy (non-hydrogen) atoms. The van der Waals surface area contributed by atoms with Gasteiger partial charge in [0.15, 0.2) is 23.2 Å². The number of unbranched alkanes of at least 4 members (excludes halogenated alkanes) is 4. The minimum atomic E-state index is -1.21. The van der Waals surface area contributed by atoms with Gasteiger partial charge in [0.1, 0.15) is 11.8 Å². The Hall–Kier alpha value is -5.12. The Balaban J connectivity index is 1.40. The highest BCUT2D eigenvalue weighted by Gasteiger charge is 2.26. The number of carboxylic acids is 1. The first-order valence-electron chi connectivity index (χ1n) is 15.8. The van der Waals surface area contributed by atoms with Crippen LogP contribution in [0.1, 0.15) is 68.3 Å². The number of rotatable bonds is 17. The summed E-state index contributed by atoms with van der Waals surface area (Å²) in [5.74, 6) is -3.47. The molecule has 0 saturated heterocycles. The molecule has 0 aliphatic carbocycles. The number of aromatic hydroxyl groups is 1. The van der Waals surface area contributed by atoms with Crippen molar-refractivity contribution in [2.45, 2.75) is 64.8 Å². The third kappa shape index (κ3) is 10.2. The van der Waals surface area contributed by atoms with E-state index in [0.29, 0.717) is 12.4 Å². The molecular formula is C37H40FN3O6. The number of carbonyl (C=O) groups is 3. The number of phenols is 1. The average molecular weight is 642 g/mol. The van der Waals surface area contributed by atoms with E-state index in [1.165, 1.54) is 38.7 Å². The maximum Gasteiger partial charge on any atom is 0.325 e. The van der Waals surface area contributed by atoms with Gasteiger partial charge in [0.25, 0.3) is 0 Å². The van der Waals surface area contributed by atoms with Crippen LogP contribution in [0.15, 0.2) is 79.1 Å². The molecule has 9 nitrogen and oxygen atoms in total. The van der Waals surface area contributed by atoms with E-state index in [2.05, 4.69) is 22.2 Å². The number of ketones is 1. The number of hydrogen-bond donors (Lipinski definition) is 3. The molecule has 0 fully saturated rings. The number of aliphatic carboxylic acids is 1. The molecular weight excluding hydrogens is 601 g/mol. The molecule has 0 spiro atoms. The standard InChI is InChI=1S/C37H40FN3O6/c1-3-4-5-6-7-18-47-31-15-12-26(13-16-31)30-22-39-35(40-23-30)27-10-8-25(9-11-27)19-29(36(44)41-24(2)37(45)46)21-34(43)28-14-17-33(42)32(38)20-28/h8-17,20,22-24,29,42H,3-7,18-19,21H2,1-2H3,(H,41,44)(H,45,46)/t24-,29-/m1/s1. The number of amides is 1. The van der Waals surface area contributed by atoms with Gasteiger partial charge in [0, 0.05) is 41.4 Å². The fourth-order valence-corrected chi connectivity index (χ4v) is 5.01. The van der Waals surface area contributed by atoms with Crippen LogP contribution in [0.4, 0.5) is 4.39 Å². The first-order valence-corrected chi connectivity index (χ1v) is 15.8. The molecule has 3 aromatic carbocycles. The van der Waals surface area contributed by atoms with E-state index in [9.17, 15) is 29.0 Å². The minimum Gasteiger partial charge on any atom is -0.505 e. The second-order valence-electron chi connectivity index (χ2n) is 11.5. The van der Waals surface area contributed by atoms with Crippen molar-refractivity contribution in [2.24, 2.45) is 5.92 Å². The van der Waals surface area contributed by atoms with Crippen LogP contribution < -0.4 is 10.1 Å². The number of aromatic nitrogens is 2. The van der Waals surface area contributed by atoms with Gasteiger partial charge in [-0.2, -0.15) is 0 Å².